The van der Waals surface area contributed by atoms with Crippen molar-refractivity contribution in [3.63, 3.8) is 0 Å². The molecule has 3 aromatic carbocycles. The zero-order chi connectivity index (χ0) is 32.2. The molecular weight excluding hydrogens is 655 g/mol. The molecule has 0 aliphatic carbocycles. The van der Waals surface area contributed by atoms with Crippen LogP contribution in [0.2, 0.25) is 0 Å². The van der Waals surface area contributed by atoms with Gasteiger partial charge in [0.1, 0.15) is 26.9 Å². The molecule has 0 radical (unpaired) electrons. The monoisotopic (exact) mass is 673 g/mol. The number of nitrogens with two attached hydrogens (primary N) is 2. The molecule has 0 unspecified atom stereocenters. The van der Waals surface area contributed by atoms with E-state index < -0.39 is 96.5 Å². The minimum atomic E-state index is -5.15. The Kier molecular flexibility index (Phi) is 9.92. The standard InChI is InChI=1S/C21H19N7O11S4/c22-11-12-2-1-3-13(8-12)25-28-21-19(23)16(10-18(20(21)24)43(36,37)38)27-26-15-5-4-14(9-17(15)42(33,34)35)41(31,32)7-6-39-40(29)30/h1-5,8-10,40H,6-7,23-24H2,(H,33,34,35)(H,36,37,38)/b27-26+,28-25+. The van der Waals surface area contributed by atoms with Crippen LogP contribution >= 0.6 is 0 Å². The second-order valence-electron chi connectivity index (χ2n) is 8.09. The Morgan fingerprint density at radius 2 is 1.47 bits per heavy atom. The largest absolute Gasteiger partial charge is 0.396 e. The van der Waals surface area contributed by atoms with Crippen molar-refractivity contribution in [2.24, 2.45) is 20.5 Å². The SMILES string of the molecule is N#Cc1cccc(/N=N/c2c(N)c(/N=N/c3ccc(S(=O)(=O)CCO[SH](=O)=O)cc3S(=O)(=O)O)cc(S(=O)(=O)O)c2N)c1. The maximum atomic E-state index is 12.5. The van der Waals surface area contributed by atoms with Crippen molar-refractivity contribution in [1.29, 1.82) is 5.26 Å². The van der Waals surface area contributed by atoms with Crippen molar-refractivity contribution in [2.75, 3.05) is 23.8 Å². The summed E-state index contributed by atoms with van der Waals surface area (Å²) >= 11 is 0. The second-order valence-corrected chi connectivity index (χ2v) is 13.7. The molecule has 228 valence electrons. The van der Waals surface area contributed by atoms with E-state index in [9.17, 15) is 42.8 Å². The summed E-state index contributed by atoms with van der Waals surface area (Å²) < 4.78 is 117. The summed E-state index contributed by atoms with van der Waals surface area (Å²) in [5.41, 5.74) is 9.50. The average Bonchev–Trinajstić information content (AvgIpc) is 2.91. The topological polar surface area (TPSA) is 312 Å². The molecule has 0 amide bonds. The van der Waals surface area contributed by atoms with E-state index in [1.54, 1.807) is 0 Å². The van der Waals surface area contributed by atoms with Gasteiger partial charge in [0.15, 0.2) is 9.84 Å². The Bertz CT molecular complexity index is 2100. The van der Waals surface area contributed by atoms with Crippen LogP contribution in [0.4, 0.5) is 34.1 Å². The molecule has 0 atom stereocenters. The lowest BCUT2D eigenvalue weighted by Crippen LogP contribution is -2.13. The first kappa shape index (κ1) is 33.1. The van der Waals surface area contributed by atoms with Gasteiger partial charge in [0.2, 0.25) is 0 Å². The van der Waals surface area contributed by atoms with Crippen molar-refractivity contribution >= 4 is 75.2 Å². The van der Waals surface area contributed by atoms with Crippen LogP contribution in [0.5, 0.6) is 0 Å². The molecule has 0 aliphatic rings. The Morgan fingerprint density at radius 3 is 2.07 bits per heavy atom. The minimum absolute atomic E-state index is 0.138. The number of hydrogen-bond acceptors (Lipinski definition) is 16. The first-order chi connectivity index (χ1) is 19.9. The van der Waals surface area contributed by atoms with Crippen LogP contribution in [-0.2, 0) is 45.2 Å². The summed E-state index contributed by atoms with van der Waals surface area (Å²) in [6.45, 7) is -0.764. The number of nitrogens with zero attached hydrogens (tertiary/aromatic N) is 5. The van der Waals surface area contributed by atoms with E-state index in [-0.39, 0.29) is 11.3 Å². The predicted molar refractivity (Wildman–Crippen MR) is 149 cm³/mol. The first-order valence-corrected chi connectivity index (χ1v) is 16.7. The predicted octanol–water partition coefficient (Wildman–Crippen LogP) is 2.36. The number of rotatable bonds is 11. The van der Waals surface area contributed by atoms with Gasteiger partial charge in [0, 0.05) is 0 Å². The summed E-state index contributed by atoms with van der Waals surface area (Å²) in [4.78, 5) is -2.61. The van der Waals surface area contributed by atoms with Gasteiger partial charge >= 0.3 is 0 Å². The molecule has 0 saturated carbocycles. The van der Waals surface area contributed by atoms with E-state index in [0.29, 0.717) is 12.1 Å². The molecule has 0 spiro atoms. The van der Waals surface area contributed by atoms with Crippen LogP contribution < -0.4 is 11.5 Å². The first-order valence-electron chi connectivity index (χ1n) is 11.1. The van der Waals surface area contributed by atoms with Crippen molar-refractivity contribution in [3.05, 3.63) is 54.1 Å². The number of sulfone groups is 1. The van der Waals surface area contributed by atoms with Crippen molar-refractivity contribution in [3.8, 4) is 6.07 Å². The van der Waals surface area contributed by atoms with Gasteiger partial charge in [-0.15, -0.1) is 15.3 Å². The van der Waals surface area contributed by atoms with E-state index in [0.717, 1.165) is 12.1 Å². The molecule has 0 bridgehead atoms. The molecule has 3 rings (SSSR count). The van der Waals surface area contributed by atoms with Crippen LogP contribution in [0.15, 0.2) is 83.7 Å². The Labute approximate surface area is 245 Å². The van der Waals surface area contributed by atoms with Gasteiger partial charge in [0.05, 0.1) is 46.0 Å². The summed E-state index contributed by atoms with van der Waals surface area (Å²) in [5.74, 6) is -0.861. The summed E-state index contributed by atoms with van der Waals surface area (Å²) in [5, 5.41) is 24.0. The Hall–Kier alpha value is -4.37. The number of nitriles is 1. The molecular formula is C21H19N7O11S4. The highest BCUT2D eigenvalue weighted by molar-refractivity contribution is 7.91. The molecule has 43 heavy (non-hydrogen) atoms. The van der Waals surface area contributed by atoms with Crippen molar-refractivity contribution in [1.82, 2.24) is 0 Å². The number of azo groups is 2. The third-order valence-electron chi connectivity index (χ3n) is 5.22. The normalized spacial score (nSPS) is 12.7. The highest BCUT2D eigenvalue weighted by Crippen LogP contribution is 2.43. The molecule has 0 heterocycles. The van der Waals surface area contributed by atoms with Gasteiger partial charge in [-0.25, -0.2) is 16.8 Å². The van der Waals surface area contributed by atoms with Crippen LogP contribution in [0.3, 0.4) is 0 Å². The minimum Gasteiger partial charge on any atom is -0.396 e. The number of anilines is 2. The molecule has 0 aliphatic heterocycles. The lowest BCUT2D eigenvalue weighted by atomic mass is 10.2. The maximum Gasteiger partial charge on any atom is 0.296 e. The zero-order valence-electron chi connectivity index (χ0n) is 21.2. The van der Waals surface area contributed by atoms with Crippen LogP contribution in [0.25, 0.3) is 0 Å². The van der Waals surface area contributed by atoms with E-state index in [2.05, 4.69) is 24.6 Å². The van der Waals surface area contributed by atoms with Crippen molar-refractivity contribution < 1.29 is 47.0 Å². The van der Waals surface area contributed by atoms with E-state index >= 15 is 0 Å². The maximum absolute atomic E-state index is 12.5. The average molecular weight is 674 g/mol. The number of benzene rings is 3. The van der Waals surface area contributed by atoms with E-state index in [4.69, 9.17) is 16.7 Å². The van der Waals surface area contributed by atoms with Gasteiger partial charge in [0.25, 0.3) is 31.2 Å². The summed E-state index contributed by atoms with van der Waals surface area (Å²) in [6.07, 6.45) is 0. The number of hydrogen-bond donors (Lipinski definition) is 5. The van der Waals surface area contributed by atoms with Gasteiger partial charge < -0.3 is 11.5 Å². The summed E-state index contributed by atoms with van der Waals surface area (Å²) in [6, 6.07) is 10.6. The zero-order valence-corrected chi connectivity index (χ0v) is 24.5. The van der Waals surface area contributed by atoms with Gasteiger partial charge in [-0.3, -0.25) is 13.3 Å². The fraction of sp³-hybridized carbons (Fsp3) is 0.0952. The third kappa shape index (κ3) is 8.35. The van der Waals surface area contributed by atoms with Crippen LogP contribution in [0.1, 0.15) is 5.56 Å². The highest BCUT2D eigenvalue weighted by Gasteiger charge is 2.24. The van der Waals surface area contributed by atoms with Crippen LogP contribution in [-0.4, -0.2) is 55.1 Å². The molecule has 3 aromatic rings. The number of nitrogen functional groups attached to an aromatic ring is 2. The molecule has 6 N–H and O–H groups in total. The fourth-order valence-corrected chi connectivity index (χ4v) is 6.07. The molecule has 18 nitrogen and oxygen atoms in total. The lowest BCUT2D eigenvalue weighted by molar-refractivity contribution is 0.355. The Morgan fingerprint density at radius 1 is 0.814 bits per heavy atom. The smallest absolute Gasteiger partial charge is 0.296 e. The van der Waals surface area contributed by atoms with Crippen molar-refractivity contribution in [2.45, 2.75) is 14.7 Å². The highest BCUT2D eigenvalue weighted by atomic mass is 32.2. The number of thiol groups is 1. The molecule has 0 saturated heterocycles. The van der Waals surface area contributed by atoms with Gasteiger partial charge in [-0.2, -0.15) is 27.2 Å². The van der Waals surface area contributed by atoms with Crippen LogP contribution in [0, 0.1) is 11.3 Å². The Balaban J connectivity index is 2.13. The van der Waals surface area contributed by atoms with Gasteiger partial charge in [-0.05, 0) is 42.5 Å². The molecule has 0 aromatic heterocycles. The summed E-state index contributed by atoms with van der Waals surface area (Å²) in [7, 11) is -17.8. The molecule has 0 fully saturated rings. The van der Waals surface area contributed by atoms with E-state index in [1.807, 2.05) is 6.07 Å². The van der Waals surface area contributed by atoms with Gasteiger partial charge in [-0.1, -0.05) is 6.07 Å². The second kappa shape index (κ2) is 12.9. The van der Waals surface area contributed by atoms with E-state index in [1.165, 1.54) is 24.3 Å². The quantitative estimate of drug-likeness (QED) is 0.0844. The molecule has 22 heteroatoms. The fourth-order valence-electron chi connectivity index (χ4n) is 3.24. The third-order valence-corrected chi connectivity index (χ3v) is 9.07. The lowest BCUT2D eigenvalue weighted by Gasteiger charge is -2.11.